The first kappa shape index (κ1) is 28.3. The molecule has 1 amide bonds. The molecule has 0 radical (unpaired) electrons. The van der Waals surface area contributed by atoms with Gasteiger partial charge in [0.05, 0.1) is 25.0 Å². The van der Waals surface area contributed by atoms with Crippen molar-refractivity contribution >= 4 is 27.6 Å². The third kappa shape index (κ3) is 6.94. The van der Waals surface area contributed by atoms with Crippen LogP contribution in [0.15, 0.2) is 53.5 Å². The minimum atomic E-state index is -4.16. The molecule has 3 N–H and O–H groups in total. The molecule has 38 heavy (non-hydrogen) atoms. The molecular formula is C25H31N7O5S. The SMILES string of the molecule is COc1cccc(OC)c1N/C(=N/S(=O)(=O)[C@@H](C)[C@H](C)c1ncc(C)cn1)NNC(=O)c1cncc(C)c1. The van der Waals surface area contributed by atoms with Crippen LogP contribution >= 0.6 is 0 Å². The number of guanidine groups is 1. The number of ether oxygens (including phenoxy) is 2. The Kier molecular flexibility index (Phi) is 9.18. The van der Waals surface area contributed by atoms with Gasteiger partial charge in [-0.2, -0.15) is 0 Å². The topological polar surface area (TPSA) is 157 Å². The van der Waals surface area contributed by atoms with Crippen molar-refractivity contribution < 1.29 is 22.7 Å². The van der Waals surface area contributed by atoms with Crippen molar-refractivity contribution in [2.45, 2.75) is 38.9 Å². The maximum absolute atomic E-state index is 13.4. The summed E-state index contributed by atoms with van der Waals surface area (Å²) < 4.78 is 41.5. The number of methoxy groups -OCH3 is 2. The van der Waals surface area contributed by atoms with Gasteiger partial charge in [0.2, 0.25) is 5.96 Å². The number of aryl methyl sites for hydroxylation is 2. The summed E-state index contributed by atoms with van der Waals surface area (Å²) in [5.41, 5.74) is 7.24. The van der Waals surface area contributed by atoms with Gasteiger partial charge in [0.1, 0.15) is 23.0 Å². The number of carbonyl (C=O) groups is 1. The van der Waals surface area contributed by atoms with E-state index in [2.05, 4.69) is 35.5 Å². The molecule has 0 aliphatic heterocycles. The Bertz CT molecular complexity index is 1390. The molecule has 3 rings (SSSR count). The molecule has 3 aromatic rings. The van der Waals surface area contributed by atoms with E-state index in [1.165, 1.54) is 27.3 Å². The minimum absolute atomic E-state index is 0.271. The number of carbonyl (C=O) groups excluding carboxylic acids is 1. The molecule has 13 heteroatoms. The van der Waals surface area contributed by atoms with E-state index in [0.29, 0.717) is 23.0 Å². The number of rotatable bonds is 8. The van der Waals surface area contributed by atoms with Crippen LogP contribution in [0, 0.1) is 13.8 Å². The van der Waals surface area contributed by atoms with Gasteiger partial charge in [-0.25, -0.2) is 18.4 Å². The number of anilines is 1. The molecule has 0 saturated heterocycles. The van der Waals surface area contributed by atoms with Gasteiger partial charge in [-0.1, -0.05) is 13.0 Å². The maximum atomic E-state index is 13.4. The first-order chi connectivity index (χ1) is 18.1. The van der Waals surface area contributed by atoms with Crippen molar-refractivity contribution in [2.75, 3.05) is 19.5 Å². The molecule has 0 saturated carbocycles. The van der Waals surface area contributed by atoms with Gasteiger partial charge in [-0.05, 0) is 50.1 Å². The van der Waals surface area contributed by atoms with E-state index in [0.717, 1.165) is 11.1 Å². The first-order valence-electron chi connectivity index (χ1n) is 11.6. The average Bonchev–Trinajstić information content (AvgIpc) is 2.91. The van der Waals surface area contributed by atoms with Gasteiger partial charge in [0.25, 0.3) is 15.9 Å². The highest BCUT2D eigenvalue weighted by Crippen LogP contribution is 2.34. The van der Waals surface area contributed by atoms with Crippen LogP contribution in [-0.4, -0.2) is 54.7 Å². The van der Waals surface area contributed by atoms with Crippen molar-refractivity contribution in [1.82, 2.24) is 25.8 Å². The number of benzene rings is 1. The Morgan fingerprint density at radius 2 is 1.58 bits per heavy atom. The van der Waals surface area contributed by atoms with Gasteiger partial charge in [0.15, 0.2) is 0 Å². The fourth-order valence-corrected chi connectivity index (χ4v) is 4.50. The average molecular weight is 542 g/mol. The lowest BCUT2D eigenvalue weighted by Gasteiger charge is -2.20. The number of sulfonamides is 1. The Morgan fingerprint density at radius 1 is 0.947 bits per heavy atom. The molecule has 0 aliphatic carbocycles. The lowest BCUT2D eigenvalue weighted by Crippen LogP contribution is -2.45. The molecule has 2 heterocycles. The molecular weight excluding hydrogens is 510 g/mol. The van der Waals surface area contributed by atoms with E-state index in [9.17, 15) is 13.2 Å². The molecule has 1 aromatic carbocycles. The van der Waals surface area contributed by atoms with E-state index < -0.39 is 27.1 Å². The predicted octanol–water partition coefficient (Wildman–Crippen LogP) is 2.73. The summed E-state index contributed by atoms with van der Waals surface area (Å²) in [5, 5.41) is 1.88. The summed E-state index contributed by atoms with van der Waals surface area (Å²) in [6.45, 7) is 6.87. The molecule has 0 fully saturated rings. The highest BCUT2D eigenvalue weighted by molar-refractivity contribution is 7.90. The predicted molar refractivity (Wildman–Crippen MR) is 144 cm³/mol. The second-order valence-electron chi connectivity index (χ2n) is 8.56. The van der Waals surface area contributed by atoms with Crippen molar-refractivity contribution in [3.05, 3.63) is 71.6 Å². The van der Waals surface area contributed by atoms with Gasteiger partial charge in [0, 0.05) is 30.7 Å². The lowest BCUT2D eigenvalue weighted by molar-refractivity contribution is 0.0943. The third-order valence-corrected chi connectivity index (χ3v) is 7.49. The highest BCUT2D eigenvalue weighted by atomic mass is 32.2. The molecule has 2 atom stereocenters. The van der Waals surface area contributed by atoms with Crippen molar-refractivity contribution in [3.8, 4) is 11.5 Å². The van der Waals surface area contributed by atoms with Crippen molar-refractivity contribution in [3.63, 3.8) is 0 Å². The van der Waals surface area contributed by atoms with Crippen LogP contribution in [0.1, 0.15) is 47.1 Å². The van der Waals surface area contributed by atoms with Gasteiger partial charge < -0.3 is 14.8 Å². The summed E-state index contributed by atoms with van der Waals surface area (Å²) in [5.74, 6) is -0.310. The molecule has 12 nitrogen and oxygen atoms in total. The van der Waals surface area contributed by atoms with Crippen LogP contribution in [0.25, 0.3) is 0 Å². The Labute approximate surface area is 222 Å². The number of nitrogens with one attached hydrogen (secondary N) is 3. The molecule has 0 spiro atoms. The number of hydrazine groups is 1. The normalized spacial score (nSPS) is 13.3. The number of amides is 1. The largest absolute Gasteiger partial charge is 0.494 e. The maximum Gasteiger partial charge on any atom is 0.271 e. The quantitative estimate of drug-likeness (QED) is 0.220. The standard InChI is InChI=1S/C25H31N7O5S/c1-15-10-19(14-26-11-15)24(33)30-31-25(29-22-20(36-5)8-7-9-21(22)37-6)32-38(34,35)18(4)17(3)23-27-12-16(2)13-28-23/h7-14,17-18H,1-6H3,(H,30,33)(H2,29,31,32)/t17-,18-/m0/s1. The van der Waals surface area contributed by atoms with Crippen LogP contribution in [0.5, 0.6) is 11.5 Å². The van der Waals surface area contributed by atoms with Crippen molar-refractivity contribution in [1.29, 1.82) is 0 Å². The summed E-state index contributed by atoms with van der Waals surface area (Å²) in [6.07, 6.45) is 6.25. The van der Waals surface area contributed by atoms with E-state index in [1.54, 1.807) is 56.7 Å². The van der Waals surface area contributed by atoms with Gasteiger partial charge in [-0.3, -0.25) is 20.6 Å². The van der Waals surface area contributed by atoms with E-state index in [4.69, 9.17) is 9.47 Å². The highest BCUT2D eigenvalue weighted by Gasteiger charge is 2.30. The first-order valence-corrected chi connectivity index (χ1v) is 13.1. The van der Waals surface area contributed by atoms with Crippen LogP contribution in [0.4, 0.5) is 5.69 Å². The van der Waals surface area contributed by atoms with Gasteiger partial charge >= 0.3 is 0 Å². The zero-order valence-electron chi connectivity index (χ0n) is 22.0. The van der Waals surface area contributed by atoms with Gasteiger partial charge in [-0.15, -0.1) is 4.40 Å². The number of nitrogens with zero attached hydrogens (tertiary/aromatic N) is 4. The lowest BCUT2D eigenvalue weighted by atomic mass is 10.1. The van der Waals surface area contributed by atoms with Crippen LogP contribution in [0.2, 0.25) is 0 Å². The number of para-hydroxylation sites is 1. The summed E-state index contributed by atoms with van der Waals surface area (Å²) >= 11 is 0. The second kappa shape index (κ2) is 12.3. The fraction of sp³-hybridized carbons (Fsp3) is 0.320. The molecule has 2 aromatic heterocycles. The van der Waals surface area contributed by atoms with Crippen LogP contribution < -0.4 is 25.6 Å². The third-order valence-electron chi connectivity index (χ3n) is 5.70. The Morgan fingerprint density at radius 3 is 2.16 bits per heavy atom. The molecule has 0 unspecified atom stereocenters. The van der Waals surface area contributed by atoms with Crippen LogP contribution in [-0.2, 0) is 10.0 Å². The fourth-order valence-electron chi connectivity index (χ4n) is 3.35. The van der Waals surface area contributed by atoms with Crippen LogP contribution in [0.3, 0.4) is 0 Å². The monoisotopic (exact) mass is 541 g/mol. The molecule has 0 bridgehead atoms. The number of hydrogen-bond donors (Lipinski definition) is 3. The molecule has 0 aliphatic rings. The number of hydrogen-bond acceptors (Lipinski definition) is 8. The van der Waals surface area contributed by atoms with E-state index in [1.807, 2.05) is 6.92 Å². The Hall–Kier alpha value is -4.26. The zero-order chi connectivity index (χ0) is 27.9. The second-order valence-corrected chi connectivity index (χ2v) is 10.5. The number of aromatic nitrogens is 3. The zero-order valence-corrected chi connectivity index (χ0v) is 22.8. The van der Waals surface area contributed by atoms with E-state index in [-0.39, 0.29) is 11.5 Å². The Balaban J connectivity index is 1.95. The summed E-state index contributed by atoms with van der Waals surface area (Å²) in [4.78, 5) is 25.2. The van der Waals surface area contributed by atoms with E-state index >= 15 is 0 Å². The summed E-state index contributed by atoms with van der Waals surface area (Å²) in [6, 6.07) is 6.67. The molecule has 202 valence electrons. The minimum Gasteiger partial charge on any atom is -0.494 e. The summed E-state index contributed by atoms with van der Waals surface area (Å²) in [7, 11) is -1.24. The smallest absolute Gasteiger partial charge is 0.271 e. The van der Waals surface area contributed by atoms with Crippen molar-refractivity contribution in [2.24, 2.45) is 4.40 Å². The number of pyridine rings is 1.